The molecule has 2 amide bonds. The van der Waals surface area contributed by atoms with E-state index in [4.69, 9.17) is 0 Å². The number of carboxylic acids is 1. The molecule has 1 unspecified atom stereocenters. The SMILES string of the molecule is O=C(NCC(C(=O)O)c1ccccc1)Nc1cncnc1. The van der Waals surface area contributed by atoms with Crippen molar-refractivity contribution >= 4 is 17.7 Å². The third-order valence-electron chi connectivity index (χ3n) is 2.79. The summed E-state index contributed by atoms with van der Waals surface area (Å²) in [5.41, 5.74) is 1.06. The van der Waals surface area contributed by atoms with Crippen molar-refractivity contribution in [1.82, 2.24) is 15.3 Å². The van der Waals surface area contributed by atoms with Crippen molar-refractivity contribution in [2.75, 3.05) is 11.9 Å². The first-order chi connectivity index (χ1) is 10.2. The van der Waals surface area contributed by atoms with Crippen molar-refractivity contribution in [2.24, 2.45) is 0 Å². The smallest absolute Gasteiger partial charge is 0.319 e. The number of hydrogen-bond acceptors (Lipinski definition) is 4. The Balaban J connectivity index is 1.93. The molecule has 0 saturated carbocycles. The van der Waals surface area contributed by atoms with Crippen LogP contribution in [0.2, 0.25) is 0 Å². The van der Waals surface area contributed by atoms with Gasteiger partial charge >= 0.3 is 12.0 Å². The van der Waals surface area contributed by atoms with Crippen molar-refractivity contribution in [3.63, 3.8) is 0 Å². The summed E-state index contributed by atoms with van der Waals surface area (Å²) in [5, 5.41) is 14.3. The van der Waals surface area contributed by atoms with Gasteiger partial charge in [0.25, 0.3) is 0 Å². The van der Waals surface area contributed by atoms with E-state index in [-0.39, 0.29) is 6.54 Å². The fraction of sp³-hybridized carbons (Fsp3) is 0.143. The molecule has 7 nitrogen and oxygen atoms in total. The van der Waals surface area contributed by atoms with Crippen LogP contribution in [0.1, 0.15) is 11.5 Å². The predicted octanol–water partition coefficient (Wildman–Crippen LogP) is 1.47. The number of nitrogens with zero attached hydrogens (tertiary/aromatic N) is 2. The Kier molecular flexibility index (Phi) is 4.81. The molecule has 21 heavy (non-hydrogen) atoms. The summed E-state index contributed by atoms with van der Waals surface area (Å²) in [5.74, 6) is -1.80. The Labute approximate surface area is 121 Å². The molecule has 1 aromatic heterocycles. The van der Waals surface area contributed by atoms with Crippen LogP contribution >= 0.6 is 0 Å². The predicted molar refractivity (Wildman–Crippen MR) is 75.9 cm³/mol. The molecule has 0 aliphatic rings. The standard InChI is InChI=1S/C14H14N4O3/c19-13(20)12(10-4-2-1-3-5-10)8-17-14(21)18-11-6-15-9-16-7-11/h1-7,9,12H,8H2,(H,19,20)(H2,17,18,21). The van der Waals surface area contributed by atoms with Gasteiger partial charge in [0.05, 0.1) is 24.0 Å². The number of rotatable bonds is 5. The average Bonchev–Trinajstić information content (AvgIpc) is 2.49. The highest BCUT2D eigenvalue weighted by Gasteiger charge is 2.20. The van der Waals surface area contributed by atoms with E-state index in [1.165, 1.54) is 18.7 Å². The van der Waals surface area contributed by atoms with E-state index >= 15 is 0 Å². The van der Waals surface area contributed by atoms with Crippen LogP contribution in [0.3, 0.4) is 0 Å². The molecule has 1 aromatic carbocycles. The quantitative estimate of drug-likeness (QED) is 0.772. The largest absolute Gasteiger partial charge is 0.481 e. The number of urea groups is 1. The number of benzene rings is 1. The number of aromatic nitrogens is 2. The lowest BCUT2D eigenvalue weighted by atomic mass is 9.99. The van der Waals surface area contributed by atoms with Gasteiger partial charge in [-0.3, -0.25) is 4.79 Å². The van der Waals surface area contributed by atoms with Crippen molar-refractivity contribution in [1.29, 1.82) is 0 Å². The lowest BCUT2D eigenvalue weighted by Gasteiger charge is -2.14. The van der Waals surface area contributed by atoms with E-state index in [0.29, 0.717) is 11.3 Å². The molecule has 0 aliphatic carbocycles. The molecule has 0 aliphatic heterocycles. The number of hydrogen-bond donors (Lipinski definition) is 3. The Morgan fingerprint density at radius 3 is 2.43 bits per heavy atom. The molecule has 0 saturated heterocycles. The molecule has 0 fully saturated rings. The molecule has 3 N–H and O–H groups in total. The summed E-state index contributed by atoms with van der Waals surface area (Å²) in [6.45, 7) is -0.0150. The van der Waals surface area contributed by atoms with E-state index in [0.717, 1.165) is 0 Å². The number of amides is 2. The molecule has 108 valence electrons. The fourth-order valence-electron chi connectivity index (χ4n) is 1.77. The van der Waals surface area contributed by atoms with Crippen LogP contribution in [0, 0.1) is 0 Å². The van der Waals surface area contributed by atoms with Crippen LogP contribution in [0.4, 0.5) is 10.5 Å². The minimum absolute atomic E-state index is 0.0150. The maximum atomic E-state index is 11.7. The average molecular weight is 286 g/mol. The third-order valence-corrected chi connectivity index (χ3v) is 2.79. The second-order valence-corrected chi connectivity index (χ2v) is 4.26. The summed E-state index contributed by atoms with van der Waals surface area (Å²) in [6, 6.07) is 8.23. The van der Waals surface area contributed by atoms with E-state index in [9.17, 15) is 14.7 Å². The van der Waals surface area contributed by atoms with E-state index < -0.39 is 17.9 Å². The first-order valence-electron chi connectivity index (χ1n) is 6.24. The van der Waals surface area contributed by atoms with E-state index in [1.54, 1.807) is 30.3 Å². The number of nitrogens with one attached hydrogen (secondary N) is 2. The van der Waals surface area contributed by atoms with Crippen molar-refractivity contribution in [3.05, 3.63) is 54.6 Å². The Hall–Kier alpha value is -2.96. The highest BCUT2D eigenvalue weighted by Crippen LogP contribution is 2.14. The Morgan fingerprint density at radius 2 is 1.81 bits per heavy atom. The van der Waals surface area contributed by atoms with Crippen molar-refractivity contribution < 1.29 is 14.7 Å². The van der Waals surface area contributed by atoms with Crippen molar-refractivity contribution in [3.8, 4) is 0 Å². The molecule has 0 bridgehead atoms. The number of carbonyl (C=O) groups excluding carboxylic acids is 1. The van der Waals surface area contributed by atoms with Gasteiger partial charge in [0, 0.05) is 6.54 Å². The van der Waals surface area contributed by atoms with Gasteiger partial charge in [-0.2, -0.15) is 0 Å². The molecular weight excluding hydrogens is 272 g/mol. The maximum Gasteiger partial charge on any atom is 0.319 e. The first-order valence-corrected chi connectivity index (χ1v) is 6.24. The Morgan fingerprint density at radius 1 is 1.14 bits per heavy atom. The molecule has 0 radical (unpaired) electrons. The lowest BCUT2D eigenvalue weighted by Crippen LogP contribution is -2.34. The molecule has 0 spiro atoms. The van der Waals surface area contributed by atoms with Crippen LogP contribution in [0.5, 0.6) is 0 Å². The van der Waals surface area contributed by atoms with E-state index in [2.05, 4.69) is 20.6 Å². The zero-order valence-electron chi connectivity index (χ0n) is 11.1. The maximum absolute atomic E-state index is 11.7. The van der Waals surface area contributed by atoms with Crippen LogP contribution in [-0.2, 0) is 4.79 Å². The first kappa shape index (κ1) is 14.4. The summed E-state index contributed by atoms with van der Waals surface area (Å²) in [7, 11) is 0. The minimum Gasteiger partial charge on any atom is -0.481 e. The van der Waals surface area contributed by atoms with Gasteiger partial charge in [0.2, 0.25) is 0 Å². The van der Waals surface area contributed by atoms with Gasteiger partial charge in [-0.1, -0.05) is 30.3 Å². The zero-order chi connectivity index (χ0) is 15.1. The van der Waals surface area contributed by atoms with Crippen LogP contribution in [-0.4, -0.2) is 33.6 Å². The molecule has 1 heterocycles. The van der Waals surface area contributed by atoms with Gasteiger partial charge < -0.3 is 15.7 Å². The Bertz CT molecular complexity index is 604. The van der Waals surface area contributed by atoms with Crippen LogP contribution < -0.4 is 10.6 Å². The highest BCUT2D eigenvalue weighted by atomic mass is 16.4. The summed E-state index contributed by atoms with van der Waals surface area (Å²) >= 11 is 0. The second-order valence-electron chi connectivity index (χ2n) is 4.26. The van der Waals surface area contributed by atoms with E-state index in [1.807, 2.05) is 0 Å². The number of carbonyl (C=O) groups is 2. The van der Waals surface area contributed by atoms with Crippen molar-refractivity contribution in [2.45, 2.75) is 5.92 Å². The zero-order valence-corrected chi connectivity index (χ0v) is 11.1. The lowest BCUT2D eigenvalue weighted by molar-refractivity contribution is -0.138. The highest BCUT2D eigenvalue weighted by molar-refractivity contribution is 5.89. The van der Waals surface area contributed by atoms with Gasteiger partial charge in [0.15, 0.2) is 0 Å². The van der Waals surface area contributed by atoms with Gasteiger partial charge in [-0.25, -0.2) is 14.8 Å². The van der Waals surface area contributed by atoms with Crippen LogP contribution in [0.15, 0.2) is 49.1 Å². The number of aliphatic carboxylic acids is 1. The summed E-state index contributed by atoms with van der Waals surface area (Å²) in [6.07, 6.45) is 4.23. The summed E-state index contributed by atoms with van der Waals surface area (Å²) < 4.78 is 0. The van der Waals surface area contributed by atoms with Gasteiger partial charge in [-0.15, -0.1) is 0 Å². The molecule has 7 heteroatoms. The number of anilines is 1. The minimum atomic E-state index is -0.996. The molecule has 2 aromatic rings. The number of carboxylic acid groups (broad SMARTS) is 1. The monoisotopic (exact) mass is 286 g/mol. The normalized spacial score (nSPS) is 11.4. The molecule has 2 rings (SSSR count). The van der Waals surface area contributed by atoms with Crippen LogP contribution in [0.25, 0.3) is 0 Å². The third kappa shape index (κ3) is 4.27. The van der Waals surface area contributed by atoms with Gasteiger partial charge in [-0.05, 0) is 5.56 Å². The molecular formula is C14H14N4O3. The molecule has 1 atom stereocenters. The topological polar surface area (TPSA) is 104 Å². The second kappa shape index (κ2) is 6.99. The summed E-state index contributed by atoms with van der Waals surface area (Å²) in [4.78, 5) is 30.5. The fourth-order valence-corrected chi connectivity index (χ4v) is 1.77. The van der Waals surface area contributed by atoms with Gasteiger partial charge in [0.1, 0.15) is 6.33 Å².